The number of aromatic nitrogens is 2. The van der Waals surface area contributed by atoms with Crippen molar-refractivity contribution in [1.29, 1.82) is 0 Å². The first-order valence-electron chi connectivity index (χ1n) is 7.86. The highest BCUT2D eigenvalue weighted by Gasteiger charge is 2.31. The molecule has 0 spiro atoms. The molecule has 6 nitrogen and oxygen atoms in total. The zero-order valence-electron chi connectivity index (χ0n) is 14.4. The van der Waals surface area contributed by atoms with Crippen molar-refractivity contribution in [3.05, 3.63) is 32.9 Å². The molecule has 0 amide bonds. The zero-order chi connectivity index (χ0) is 18.4. The highest BCUT2D eigenvalue weighted by atomic mass is 32.2. The third kappa shape index (κ3) is 3.65. The number of carboxylic acid groups (broad SMARTS) is 1. The van der Waals surface area contributed by atoms with E-state index < -0.39 is 5.97 Å². The Morgan fingerprint density at radius 2 is 2.24 bits per heavy atom. The predicted octanol–water partition coefficient (Wildman–Crippen LogP) is 3.06. The SMILES string of the molecule is C=C(C)Cn1c(SCC(=O)O)nc2sc3c(c2c1=O)CC(C)(C)OC3. The van der Waals surface area contributed by atoms with E-state index in [0.717, 1.165) is 27.8 Å². The third-order valence-corrected chi connectivity index (χ3v) is 5.97. The van der Waals surface area contributed by atoms with E-state index in [9.17, 15) is 9.59 Å². The summed E-state index contributed by atoms with van der Waals surface area (Å²) in [6.07, 6.45) is 0.661. The van der Waals surface area contributed by atoms with E-state index in [0.29, 0.717) is 34.9 Å². The van der Waals surface area contributed by atoms with Gasteiger partial charge < -0.3 is 9.84 Å². The van der Waals surface area contributed by atoms with E-state index in [1.807, 2.05) is 20.8 Å². The molecule has 1 aliphatic heterocycles. The van der Waals surface area contributed by atoms with Crippen molar-refractivity contribution >= 4 is 39.3 Å². The lowest BCUT2D eigenvalue weighted by molar-refractivity contribution is -0.133. The predicted molar refractivity (Wildman–Crippen MR) is 99.6 cm³/mol. The molecule has 2 aromatic heterocycles. The Kier molecular flexibility index (Phi) is 4.78. The molecule has 8 heteroatoms. The Labute approximate surface area is 153 Å². The zero-order valence-corrected chi connectivity index (χ0v) is 16.1. The second-order valence-electron chi connectivity index (χ2n) is 6.83. The van der Waals surface area contributed by atoms with Gasteiger partial charge in [-0.05, 0) is 26.3 Å². The first-order valence-corrected chi connectivity index (χ1v) is 9.66. The number of nitrogens with zero attached hydrogens (tertiary/aromatic N) is 2. The van der Waals surface area contributed by atoms with Crippen LogP contribution in [0.3, 0.4) is 0 Å². The number of carbonyl (C=O) groups is 1. The lowest BCUT2D eigenvalue weighted by Crippen LogP contribution is -2.32. The van der Waals surface area contributed by atoms with Gasteiger partial charge in [0.1, 0.15) is 4.83 Å². The summed E-state index contributed by atoms with van der Waals surface area (Å²) in [5, 5.41) is 10.0. The Hall–Kier alpha value is -1.64. The minimum Gasteiger partial charge on any atom is -0.481 e. The van der Waals surface area contributed by atoms with Crippen molar-refractivity contribution < 1.29 is 14.6 Å². The molecular formula is C17H20N2O4S2. The van der Waals surface area contributed by atoms with Crippen LogP contribution in [0, 0.1) is 0 Å². The van der Waals surface area contributed by atoms with Gasteiger partial charge in [-0.1, -0.05) is 23.9 Å². The normalized spacial score (nSPS) is 16.0. The van der Waals surface area contributed by atoms with Crippen LogP contribution in [-0.4, -0.2) is 32.0 Å². The van der Waals surface area contributed by atoms with Crippen molar-refractivity contribution in [2.75, 3.05) is 5.75 Å². The van der Waals surface area contributed by atoms with Gasteiger partial charge in [0, 0.05) is 17.8 Å². The largest absolute Gasteiger partial charge is 0.481 e. The molecule has 134 valence electrons. The van der Waals surface area contributed by atoms with Gasteiger partial charge in [0.05, 0.1) is 23.3 Å². The maximum Gasteiger partial charge on any atom is 0.313 e. The van der Waals surface area contributed by atoms with E-state index in [4.69, 9.17) is 9.84 Å². The Morgan fingerprint density at radius 1 is 1.52 bits per heavy atom. The van der Waals surface area contributed by atoms with Crippen LogP contribution in [0.25, 0.3) is 10.2 Å². The first kappa shape index (κ1) is 18.2. The van der Waals surface area contributed by atoms with Crippen molar-refractivity contribution in [1.82, 2.24) is 9.55 Å². The van der Waals surface area contributed by atoms with Gasteiger partial charge in [-0.25, -0.2) is 4.98 Å². The van der Waals surface area contributed by atoms with E-state index in [1.165, 1.54) is 15.9 Å². The van der Waals surface area contributed by atoms with Gasteiger partial charge >= 0.3 is 5.97 Å². The number of hydrogen-bond acceptors (Lipinski definition) is 6. The molecule has 0 bridgehead atoms. The van der Waals surface area contributed by atoms with E-state index in [2.05, 4.69) is 11.6 Å². The number of thioether (sulfide) groups is 1. The summed E-state index contributed by atoms with van der Waals surface area (Å²) in [5.41, 5.74) is 1.38. The molecule has 0 saturated heterocycles. The molecule has 0 aliphatic carbocycles. The molecule has 0 fully saturated rings. The molecule has 0 saturated carbocycles. The minimum atomic E-state index is -0.943. The smallest absolute Gasteiger partial charge is 0.313 e. The average molecular weight is 380 g/mol. The average Bonchev–Trinajstić information content (AvgIpc) is 2.84. The number of ether oxygens (including phenoxy) is 1. The molecule has 25 heavy (non-hydrogen) atoms. The monoisotopic (exact) mass is 380 g/mol. The standard InChI is InChI=1S/C17H20N2O4S2/c1-9(2)6-19-15(22)13-10-5-17(3,4)23-7-11(10)25-14(13)18-16(19)24-8-12(20)21/h1,5-8H2,2-4H3,(H,20,21). The summed E-state index contributed by atoms with van der Waals surface area (Å²) in [5.74, 6) is -1.09. The summed E-state index contributed by atoms with van der Waals surface area (Å²) >= 11 is 2.52. The van der Waals surface area contributed by atoms with Crippen molar-refractivity contribution in [2.45, 2.75) is 51.1 Å². The second kappa shape index (κ2) is 6.59. The first-order chi connectivity index (χ1) is 11.7. The maximum atomic E-state index is 13.2. The van der Waals surface area contributed by atoms with Crippen LogP contribution >= 0.6 is 23.1 Å². The molecule has 1 aliphatic rings. The Bertz CT molecular complexity index is 927. The van der Waals surface area contributed by atoms with Crippen molar-refractivity contribution in [3.8, 4) is 0 Å². The number of allylic oxidation sites excluding steroid dienone is 1. The highest BCUT2D eigenvalue weighted by molar-refractivity contribution is 7.99. The van der Waals surface area contributed by atoms with Crippen molar-refractivity contribution in [3.63, 3.8) is 0 Å². The van der Waals surface area contributed by atoms with E-state index in [1.54, 1.807) is 0 Å². The molecule has 0 aromatic carbocycles. The summed E-state index contributed by atoms with van der Waals surface area (Å²) < 4.78 is 7.38. The number of carboxylic acids is 1. The molecule has 1 N–H and O–H groups in total. The van der Waals surface area contributed by atoms with E-state index in [-0.39, 0.29) is 16.9 Å². The van der Waals surface area contributed by atoms with E-state index >= 15 is 0 Å². The molecule has 0 unspecified atom stereocenters. The van der Waals surface area contributed by atoms with Gasteiger partial charge in [0.2, 0.25) is 0 Å². The molecule has 2 aromatic rings. The third-order valence-electron chi connectivity index (χ3n) is 3.91. The Morgan fingerprint density at radius 3 is 2.88 bits per heavy atom. The van der Waals surface area contributed by atoms with Crippen LogP contribution in [0.4, 0.5) is 0 Å². The van der Waals surface area contributed by atoms with Crippen LogP contribution in [-0.2, 0) is 29.1 Å². The number of thiophene rings is 1. The van der Waals surface area contributed by atoms with Gasteiger partial charge in [-0.3, -0.25) is 14.2 Å². The maximum absolute atomic E-state index is 13.2. The fraction of sp³-hybridized carbons (Fsp3) is 0.471. The molecule has 3 heterocycles. The fourth-order valence-electron chi connectivity index (χ4n) is 2.85. The summed E-state index contributed by atoms with van der Waals surface area (Å²) in [6, 6.07) is 0. The summed E-state index contributed by atoms with van der Waals surface area (Å²) in [4.78, 5) is 30.4. The lowest BCUT2D eigenvalue weighted by atomic mass is 9.94. The molecular weight excluding hydrogens is 360 g/mol. The van der Waals surface area contributed by atoms with Gasteiger partial charge in [0.15, 0.2) is 5.16 Å². The van der Waals surface area contributed by atoms with Crippen LogP contribution in [0.2, 0.25) is 0 Å². The van der Waals surface area contributed by atoms with Crippen molar-refractivity contribution in [2.24, 2.45) is 0 Å². The highest BCUT2D eigenvalue weighted by Crippen LogP contribution is 2.37. The topological polar surface area (TPSA) is 81.4 Å². The Balaban J connectivity index is 2.19. The van der Waals surface area contributed by atoms with Crippen LogP contribution in [0.1, 0.15) is 31.2 Å². The van der Waals surface area contributed by atoms with Gasteiger partial charge in [0.25, 0.3) is 5.56 Å². The number of rotatable bonds is 5. The van der Waals surface area contributed by atoms with Crippen LogP contribution in [0.5, 0.6) is 0 Å². The van der Waals surface area contributed by atoms with Crippen LogP contribution in [0.15, 0.2) is 22.1 Å². The fourth-order valence-corrected chi connectivity index (χ4v) is 4.72. The van der Waals surface area contributed by atoms with Gasteiger partial charge in [-0.2, -0.15) is 0 Å². The summed E-state index contributed by atoms with van der Waals surface area (Å²) in [6.45, 7) is 10.5. The molecule has 0 atom stereocenters. The molecule has 3 rings (SSSR count). The second-order valence-corrected chi connectivity index (χ2v) is 8.86. The van der Waals surface area contributed by atoms with Crippen LogP contribution < -0.4 is 5.56 Å². The minimum absolute atomic E-state index is 0.129. The molecule has 0 radical (unpaired) electrons. The quantitative estimate of drug-likeness (QED) is 0.488. The lowest BCUT2D eigenvalue weighted by Gasteiger charge is -2.29. The number of hydrogen-bond donors (Lipinski definition) is 1. The number of fused-ring (bicyclic) bond motifs is 3. The van der Waals surface area contributed by atoms with Gasteiger partial charge in [-0.15, -0.1) is 11.3 Å². The summed E-state index contributed by atoms with van der Waals surface area (Å²) in [7, 11) is 0. The number of aliphatic carboxylic acids is 1.